The minimum absolute atomic E-state index is 0.198. The van der Waals surface area contributed by atoms with Gasteiger partial charge in [0.15, 0.2) is 12.4 Å². The summed E-state index contributed by atoms with van der Waals surface area (Å²) in [4.78, 5) is 36.3. The normalized spacial score (nSPS) is 10.3. The molecular weight excluding hydrogens is 442 g/mol. The molecule has 9 heteroatoms. The lowest BCUT2D eigenvalue weighted by molar-refractivity contribution is -0.119. The van der Waals surface area contributed by atoms with Crippen molar-refractivity contribution >= 4 is 45.2 Å². The first-order valence-corrected chi connectivity index (χ1v) is 9.27. The number of carbonyl (C=O) groups is 3. The second-order valence-corrected chi connectivity index (χ2v) is 6.90. The van der Waals surface area contributed by atoms with E-state index in [9.17, 15) is 14.4 Å². The van der Waals surface area contributed by atoms with Gasteiger partial charge < -0.3 is 19.9 Å². The highest BCUT2D eigenvalue weighted by atomic mass is 79.9. The minimum Gasteiger partial charge on any atom is -0.452 e. The topological polar surface area (TPSA) is 111 Å². The molecule has 2 aromatic carbocycles. The number of hydrogen-bond acceptors (Lipinski definition) is 6. The lowest BCUT2D eigenvalue weighted by Crippen LogP contribution is -2.21. The van der Waals surface area contributed by atoms with E-state index in [2.05, 4.69) is 31.7 Å². The summed E-state index contributed by atoms with van der Waals surface area (Å²) >= 11 is 3.31. The van der Waals surface area contributed by atoms with Gasteiger partial charge in [0.25, 0.3) is 11.8 Å². The molecule has 0 aliphatic carbocycles. The number of ether oxygens (including phenoxy) is 1. The Labute approximate surface area is 174 Å². The van der Waals surface area contributed by atoms with E-state index in [-0.39, 0.29) is 17.3 Å². The van der Waals surface area contributed by atoms with Gasteiger partial charge in [-0.25, -0.2) is 4.79 Å². The number of halogens is 1. The van der Waals surface area contributed by atoms with Crippen molar-refractivity contribution in [3.05, 3.63) is 76.0 Å². The number of amides is 2. The standard InChI is InChI=1S/C20H16BrN3O5/c1-12-9-17(24-29-12)23-18(25)11-28-20(27)14-3-2-4-16(10-14)22-19(26)13-5-7-15(21)8-6-13/h2-10H,11H2,1H3,(H,22,26)(H,23,24,25). The monoisotopic (exact) mass is 457 g/mol. The summed E-state index contributed by atoms with van der Waals surface area (Å²) in [6, 6.07) is 14.6. The molecule has 0 aliphatic heterocycles. The van der Waals surface area contributed by atoms with Crippen LogP contribution in [0.25, 0.3) is 0 Å². The average molecular weight is 458 g/mol. The summed E-state index contributed by atoms with van der Waals surface area (Å²) < 4.78 is 10.7. The van der Waals surface area contributed by atoms with Crippen LogP contribution in [0.1, 0.15) is 26.5 Å². The summed E-state index contributed by atoms with van der Waals surface area (Å²) in [5.41, 5.74) is 1.10. The van der Waals surface area contributed by atoms with Gasteiger partial charge in [-0.3, -0.25) is 9.59 Å². The Kier molecular flexibility index (Phi) is 6.40. The summed E-state index contributed by atoms with van der Waals surface area (Å²) in [7, 11) is 0. The highest BCUT2D eigenvalue weighted by molar-refractivity contribution is 9.10. The van der Waals surface area contributed by atoms with Gasteiger partial charge in [0, 0.05) is 21.8 Å². The number of esters is 1. The van der Waals surface area contributed by atoms with Gasteiger partial charge >= 0.3 is 5.97 Å². The van der Waals surface area contributed by atoms with Crippen LogP contribution >= 0.6 is 15.9 Å². The Bertz CT molecular complexity index is 1050. The van der Waals surface area contributed by atoms with Gasteiger partial charge in [0.1, 0.15) is 5.76 Å². The van der Waals surface area contributed by atoms with Gasteiger partial charge in [-0.15, -0.1) is 0 Å². The summed E-state index contributed by atoms with van der Waals surface area (Å²) in [5, 5.41) is 8.78. The first-order valence-electron chi connectivity index (χ1n) is 8.48. The molecule has 2 N–H and O–H groups in total. The summed E-state index contributed by atoms with van der Waals surface area (Å²) in [6.45, 7) is 1.20. The lowest BCUT2D eigenvalue weighted by atomic mass is 10.1. The molecule has 0 aliphatic rings. The fraction of sp³-hybridized carbons (Fsp3) is 0.100. The Balaban J connectivity index is 1.56. The Morgan fingerprint density at radius 1 is 1.03 bits per heavy atom. The molecule has 0 spiro atoms. The fourth-order valence-corrected chi connectivity index (χ4v) is 2.61. The van der Waals surface area contributed by atoms with E-state index in [1.807, 2.05) is 0 Å². The molecule has 2 amide bonds. The van der Waals surface area contributed by atoms with E-state index in [1.165, 1.54) is 18.2 Å². The van der Waals surface area contributed by atoms with Crippen LogP contribution in [0, 0.1) is 6.92 Å². The van der Waals surface area contributed by atoms with Crippen LogP contribution in [0.4, 0.5) is 11.5 Å². The van der Waals surface area contributed by atoms with Crippen LogP contribution in [0.2, 0.25) is 0 Å². The van der Waals surface area contributed by atoms with Gasteiger partial charge in [0.05, 0.1) is 5.56 Å². The number of nitrogens with one attached hydrogen (secondary N) is 2. The second-order valence-electron chi connectivity index (χ2n) is 5.99. The van der Waals surface area contributed by atoms with Crippen molar-refractivity contribution in [3.63, 3.8) is 0 Å². The number of aryl methyl sites for hydroxylation is 1. The maximum absolute atomic E-state index is 12.3. The molecule has 0 atom stereocenters. The third-order valence-electron chi connectivity index (χ3n) is 3.69. The minimum atomic E-state index is -0.698. The average Bonchev–Trinajstić information content (AvgIpc) is 3.11. The molecule has 0 bridgehead atoms. The Morgan fingerprint density at radius 2 is 1.79 bits per heavy atom. The number of nitrogens with zero attached hydrogens (tertiary/aromatic N) is 1. The number of aromatic nitrogens is 1. The molecule has 0 saturated heterocycles. The van der Waals surface area contributed by atoms with E-state index in [1.54, 1.807) is 43.3 Å². The number of anilines is 2. The Hall–Kier alpha value is -3.46. The maximum Gasteiger partial charge on any atom is 0.338 e. The number of carbonyl (C=O) groups excluding carboxylic acids is 3. The summed E-state index contributed by atoms with van der Waals surface area (Å²) in [5.74, 6) is -0.784. The van der Waals surface area contributed by atoms with Crippen molar-refractivity contribution in [2.45, 2.75) is 6.92 Å². The highest BCUT2D eigenvalue weighted by Crippen LogP contribution is 2.15. The Morgan fingerprint density at radius 3 is 2.48 bits per heavy atom. The zero-order chi connectivity index (χ0) is 20.8. The van der Waals surface area contributed by atoms with E-state index in [0.717, 1.165) is 4.47 Å². The zero-order valence-electron chi connectivity index (χ0n) is 15.3. The molecule has 3 rings (SSSR count). The molecule has 3 aromatic rings. The molecular formula is C20H16BrN3O5. The van der Waals surface area contributed by atoms with E-state index in [0.29, 0.717) is 17.0 Å². The van der Waals surface area contributed by atoms with Crippen LogP contribution in [-0.2, 0) is 9.53 Å². The van der Waals surface area contributed by atoms with Crippen LogP contribution in [0.3, 0.4) is 0 Å². The zero-order valence-corrected chi connectivity index (χ0v) is 16.9. The van der Waals surface area contributed by atoms with E-state index >= 15 is 0 Å². The number of rotatable bonds is 6. The van der Waals surface area contributed by atoms with Crippen molar-refractivity contribution < 1.29 is 23.6 Å². The molecule has 1 heterocycles. The molecule has 29 heavy (non-hydrogen) atoms. The van der Waals surface area contributed by atoms with Gasteiger partial charge in [-0.2, -0.15) is 0 Å². The molecule has 148 valence electrons. The molecule has 1 aromatic heterocycles. The lowest BCUT2D eigenvalue weighted by Gasteiger charge is -2.08. The van der Waals surface area contributed by atoms with Crippen molar-refractivity contribution in [2.75, 3.05) is 17.2 Å². The largest absolute Gasteiger partial charge is 0.452 e. The fourth-order valence-electron chi connectivity index (χ4n) is 2.35. The van der Waals surface area contributed by atoms with Crippen molar-refractivity contribution in [1.29, 1.82) is 0 Å². The number of hydrogen-bond donors (Lipinski definition) is 2. The van der Waals surface area contributed by atoms with Crippen molar-refractivity contribution in [3.8, 4) is 0 Å². The molecule has 0 unspecified atom stereocenters. The molecule has 0 saturated carbocycles. The third-order valence-corrected chi connectivity index (χ3v) is 4.22. The summed E-state index contributed by atoms with van der Waals surface area (Å²) in [6.07, 6.45) is 0. The number of benzene rings is 2. The van der Waals surface area contributed by atoms with E-state index < -0.39 is 18.5 Å². The van der Waals surface area contributed by atoms with Crippen molar-refractivity contribution in [1.82, 2.24) is 5.16 Å². The van der Waals surface area contributed by atoms with Crippen LogP contribution in [0.15, 0.2) is 63.6 Å². The molecule has 8 nitrogen and oxygen atoms in total. The maximum atomic E-state index is 12.3. The smallest absolute Gasteiger partial charge is 0.338 e. The SMILES string of the molecule is Cc1cc(NC(=O)COC(=O)c2cccc(NC(=O)c3ccc(Br)cc3)c2)no1. The predicted octanol–water partition coefficient (Wildman–Crippen LogP) is 3.79. The first-order chi connectivity index (χ1) is 13.9. The van der Waals surface area contributed by atoms with E-state index in [4.69, 9.17) is 9.26 Å². The molecule has 0 fully saturated rings. The quantitative estimate of drug-likeness (QED) is 0.544. The third kappa shape index (κ3) is 5.76. The van der Waals surface area contributed by atoms with Crippen LogP contribution in [-0.4, -0.2) is 29.5 Å². The van der Waals surface area contributed by atoms with Crippen LogP contribution in [0.5, 0.6) is 0 Å². The van der Waals surface area contributed by atoms with Crippen molar-refractivity contribution in [2.24, 2.45) is 0 Å². The van der Waals surface area contributed by atoms with Crippen LogP contribution < -0.4 is 10.6 Å². The molecule has 0 radical (unpaired) electrons. The highest BCUT2D eigenvalue weighted by Gasteiger charge is 2.13. The second kappa shape index (κ2) is 9.16. The first kappa shape index (κ1) is 20.3. The van der Waals surface area contributed by atoms with Gasteiger partial charge in [-0.1, -0.05) is 27.2 Å². The van der Waals surface area contributed by atoms with Gasteiger partial charge in [0.2, 0.25) is 0 Å². The predicted molar refractivity (Wildman–Crippen MR) is 109 cm³/mol. The van der Waals surface area contributed by atoms with Gasteiger partial charge in [-0.05, 0) is 49.4 Å².